The fraction of sp³-hybridized carbons (Fsp3) is 0.0870. The Bertz CT molecular complexity index is 1270. The Labute approximate surface area is 181 Å². The van der Waals surface area contributed by atoms with E-state index in [0.29, 0.717) is 5.95 Å². The number of rotatable bonds is 2. The predicted molar refractivity (Wildman–Crippen MR) is 117 cm³/mol. The van der Waals surface area contributed by atoms with Gasteiger partial charge in [-0.15, -0.1) is 0 Å². The number of ether oxygens (including phenoxy) is 1. The maximum absolute atomic E-state index is 6.58. The number of hydrogen-bond acceptors (Lipinski definition) is 5. The molecule has 0 amide bonds. The van der Waals surface area contributed by atoms with E-state index in [1.54, 1.807) is 12.5 Å². The molecule has 0 bridgehead atoms. The van der Waals surface area contributed by atoms with Crippen molar-refractivity contribution in [1.29, 1.82) is 0 Å². The summed E-state index contributed by atoms with van der Waals surface area (Å²) in [4.78, 5) is 8.80. The summed E-state index contributed by atoms with van der Waals surface area (Å²) in [6, 6.07) is 20.2. The lowest BCUT2D eigenvalue weighted by Crippen LogP contribution is -2.32. The minimum Gasteiger partial charge on any atom is -0.480 e. The molecule has 7 heteroatoms. The molecule has 146 valence electrons. The number of halogens is 1. The van der Waals surface area contributed by atoms with Crippen molar-refractivity contribution in [3.05, 3.63) is 106 Å². The van der Waals surface area contributed by atoms with E-state index in [4.69, 9.17) is 4.74 Å². The van der Waals surface area contributed by atoms with Crippen LogP contribution in [0, 0.1) is 0 Å². The topological polar surface area (TPSA) is 64.9 Å². The number of anilines is 1. The molecule has 6 nitrogen and oxygen atoms in total. The first kappa shape index (κ1) is 17.4. The molecular formula is C23H16BrN5O. The Balaban J connectivity index is 1.63. The number of aromatic nitrogens is 4. The predicted octanol–water partition coefficient (Wildman–Crippen LogP) is 5.00. The zero-order chi connectivity index (χ0) is 20.1. The summed E-state index contributed by atoms with van der Waals surface area (Å²) in [7, 11) is 0. The van der Waals surface area contributed by atoms with Crippen molar-refractivity contribution in [3.63, 3.8) is 0 Å². The van der Waals surface area contributed by atoms with Crippen molar-refractivity contribution in [2.24, 2.45) is 0 Å². The van der Waals surface area contributed by atoms with Gasteiger partial charge in [0.1, 0.15) is 24.2 Å². The van der Waals surface area contributed by atoms with E-state index in [1.165, 1.54) is 0 Å². The van der Waals surface area contributed by atoms with Crippen molar-refractivity contribution < 1.29 is 4.74 Å². The first-order valence-corrected chi connectivity index (χ1v) is 10.4. The van der Waals surface area contributed by atoms with Gasteiger partial charge in [-0.05, 0) is 41.5 Å². The zero-order valence-electron chi connectivity index (χ0n) is 15.7. The van der Waals surface area contributed by atoms with Gasteiger partial charge in [0.05, 0.1) is 5.70 Å². The van der Waals surface area contributed by atoms with Crippen LogP contribution in [0.15, 0.2) is 89.4 Å². The third-order valence-corrected chi connectivity index (χ3v) is 6.02. The van der Waals surface area contributed by atoms with Crippen LogP contribution in [-0.4, -0.2) is 19.7 Å². The molecule has 0 aliphatic carbocycles. The van der Waals surface area contributed by atoms with Gasteiger partial charge < -0.3 is 10.1 Å². The van der Waals surface area contributed by atoms with Crippen LogP contribution >= 0.6 is 15.9 Å². The molecule has 0 unspecified atom stereocenters. The van der Waals surface area contributed by atoms with Crippen molar-refractivity contribution >= 4 is 27.6 Å². The van der Waals surface area contributed by atoms with Gasteiger partial charge in [-0.3, -0.25) is 4.98 Å². The van der Waals surface area contributed by atoms with E-state index in [1.807, 2.05) is 47.3 Å². The average molecular weight is 458 g/mol. The lowest BCUT2D eigenvalue weighted by Gasteiger charge is -2.38. The highest BCUT2D eigenvalue weighted by atomic mass is 79.9. The second kappa shape index (κ2) is 6.81. The lowest BCUT2D eigenvalue weighted by molar-refractivity contribution is 0.223. The van der Waals surface area contributed by atoms with Gasteiger partial charge in [0.15, 0.2) is 0 Å². The highest BCUT2D eigenvalue weighted by Gasteiger charge is 2.40. The van der Waals surface area contributed by atoms with Crippen molar-refractivity contribution in [1.82, 2.24) is 19.7 Å². The van der Waals surface area contributed by atoms with Crippen molar-refractivity contribution in [2.45, 2.75) is 12.1 Å². The largest absolute Gasteiger partial charge is 0.480 e. The number of benzene rings is 2. The van der Waals surface area contributed by atoms with E-state index in [2.05, 4.69) is 60.6 Å². The molecule has 6 rings (SSSR count). The third-order valence-electron chi connectivity index (χ3n) is 5.49. The fourth-order valence-electron chi connectivity index (χ4n) is 4.19. The molecule has 2 aliphatic heterocycles. The van der Waals surface area contributed by atoms with Crippen LogP contribution in [-0.2, 0) is 0 Å². The molecule has 2 aromatic carbocycles. The Morgan fingerprint density at radius 2 is 1.83 bits per heavy atom. The number of para-hydroxylation sites is 1. The Morgan fingerprint density at radius 3 is 2.67 bits per heavy atom. The Kier molecular flexibility index (Phi) is 3.95. The first-order chi connectivity index (χ1) is 14.8. The molecular weight excluding hydrogens is 442 g/mol. The molecule has 2 aromatic heterocycles. The van der Waals surface area contributed by atoms with Gasteiger partial charge in [0, 0.05) is 28.0 Å². The Hall–Kier alpha value is -3.45. The molecule has 4 aromatic rings. The van der Waals surface area contributed by atoms with Crippen LogP contribution < -0.4 is 10.1 Å². The van der Waals surface area contributed by atoms with E-state index < -0.39 is 0 Å². The molecule has 4 heterocycles. The quantitative estimate of drug-likeness (QED) is 0.458. The Morgan fingerprint density at radius 1 is 0.967 bits per heavy atom. The number of hydrogen-bond donors (Lipinski definition) is 1. The van der Waals surface area contributed by atoms with Crippen molar-refractivity contribution in [3.8, 4) is 5.75 Å². The van der Waals surface area contributed by atoms with Crippen LogP contribution in [0.25, 0.3) is 5.70 Å². The average Bonchev–Trinajstić information content (AvgIpc) is 3.26. The normalized spacial score (nSPS) is 19.2. The molecule has 0 spiro atoms. The van der Waals surface area contributed by atoms with E-state index >= 15 is 0 Å². The highest BCUT2D eigenvalue weighted by Crippen LogP contribution is 2.50. The van der Waals surface area contributed by atoms with Crippen LogP contribution in [0.2, 0.25) is 0 Å². The molecule has 0 saturated carbocycles. The van der Waals surface area contributed by atoms with Crippen LogP contribution in [0.4, 0.5) is 5.95 Å². The second-order valence-corrected chi connectivity index (χ2v) is 8.13. The van der Waals surface area contributed by atoms with E-state index in [0.717, 1.165) is 38.2 Å². The van der Waals surface area contributed by atoms with Crippen LogP contribution in [0.3, 0.4) is 0 Å². The number of nitrogens with zero attached hydrogens (tertiary/aromatic N) is 4. The summed E-state index contributed by atoms with van der Waals surface area (Å²) in [5, 5.41) is 8.03. The summed E-state index contributed by atoms with van der Waals surface area (Å²) in [6.07, 6.45) is 4.95. The number of fused-ring (bicyclic) bond motifs is 3. The van der Waals surface area contributed by atoms with Crippen LogP contribution in [0.5, 0.6) is 5.75 Å². The summed E-state index contributed by atoms with van der Waals surface area (Å²) in [5.74, 6) is 1.54. The minimum atomic E-state index is -0.280. The molecule has 1 N–H and O–H groups in total. The third kappa shape index (κ3) is 2.66. The first-order valence-electron chi connectivity index (χ1n) is 9.61. The molecule has 30 heavy (non-hydrogen) atoms. The van der Waals surface area contributed by atoms with Gasteiger partial charge in [0.2, 0.25) is 5.95 Å². The van der Waals surface area contributed by atoms with Crippen molar-refractivity contribution in [2.75, 3.05) is 5.32 Å². The maximum Gasteiger partial charge on any atom is 0.226 e. The summed E-state index contributed by atoms with van der Waals surface area (Å²) >= 11 is 3.53. The standard InChI is InChI=1S/C23H16BrN5O/c24-16-9-7-14(8-10-16)22-19-20(17-5-1-2-6-18(17)30-22)28-23-26-13-27-29(23)21(19)15-4-3-11-25-12-15/h1-13,21-22H,(H,26,27,28)/t21-,22+/m0/s1. The monoisotopic (exact) mass is 457 g/mol. The molecule has 0 radical (unpaired) electrons. The summed E-state index contributed by atoms with van der Waals surface area (Å²) < 4.78 is 9.51. The zero-order valence-corrected chi connectivity index (χ0v) is 17.3. The maximum atomic E-state index is 6.58. The molecule has 0 fully saturated rings. The molecule has 2 aliphatic rings. The second-order valence-electron chi connectivity index (χ2n) is 7.22. The smallest absolute Gasteiger partial charge is 0.226 e. The van der Waals surface area contributed by atoms with Gasteiger partial charge >= 0.3 is 0 Å². The molecule has 0 saturated heterocycles. The number of pyridine rings is 1. The van der Waals surface area contributed by atoms with Gasteiger partial charge in [-0.2, -0.15) is 10.1 Å². The number of nitrogens with one attached hydrogen (secondary N) is 1. The summed E-state index contributed by atoms with van der Waals surface area (Å²) in [6.45, 7) is 0. The van der Waals surface area contributed by atoms with Gasteiger partial charge in [-0.1, -0.05) is 46.3 Å². The van der Waals surface area contributed by atoms with Gasteiger partial charge in [0.25, 0.3) is 0 Å². The molecule has 2 atom stereocenters. The highest BCUT2D eigenvalue weighted by molar-refractivity contribution is 9.10. The van der Waals surface area contributed by atoms with Gasteiger partial charge in [-0.25, -0.2) is 4.68 Å². The van der Waals surface area contributed by atoms with Crippen LogP contribution in [0.1, 0.15) is 28.8 Å². The minimum absolute atomic E-state index is 0.186. The summed E-state index contributed by atoms with van der Waals surface area (Å²) in [5.41, 5.74) is 5.22. The van der Waals surface area contributed by atoms with E-state index in [9.17, 15) is 0 Å². The SMILES string of the molecule is Brc1ccc([C@H]2Oc3ccccc3C3=C2[C@H](c2cccnc2)n2ncnc2N3)cc1. The lowest BCUT2D eigenvalue weighted by atomic mass is 9.85. The fourth-order valence-corrected chi connectivity index (χ4v) is 4.45. The van der Waals surface area contributed by atoms with E-state index in [-0.39, 0.29) is 12.1 Å².